The molecular formula is C10H18. The Balaban J connectivity index is 2.07. The molecule has 1 atom stereocenters. The average Bonchev–Trinajstić information content (AvgIpc) is 1.79. The molecule has 0 N–H and O–H groups in total. The van der Waals surface area contributed by atoms with Gasteiger partial charge in [0, 0.05) is 0 Å². The van der Waals surface area contributed by atoms with Crippen molar-refractivity contribution >= 4 is 0 Å². The Labute approximate surface area is 64.3 Å². The van der Waals surface area contributed by atoms with Crippen LogP contribution in [0.4, 0.5) is 0 Å². The molecule has 1 unspecified atom stereocenters. The Morgan fingerprint density at radius 1 is 1.60 bits per heavy atom. The van der Waals surface area contributed by atoms with Gasteiger partial charge in [-0.1, -0.05) is 32.3 Å². The first-order valence-corrected chi connectivity index (χ1v) is 4.45. The van der Waals surface area contributed by atoms with Gasteiger partial charge in [-0.05, 0) is 24.7 Å². The van der Waals surface area contributed by atoms with E-state index in [-0.39, 0.29) is 0 Å². The van der Waals surface area contributed by atoms with Crippen LogP contribution in [0.3, 0.4) is 0 Å². The molecule has 0 aromatic carbocycles. The number of rotatable bonds is 4. The normalized spacial score (nSPS) is 21.7. The van der Waals surface area contributed by atoms with Gasteiger partial charge >= 0.3 is 0 Å². The maximum absolute atomic E-state index is 3.74. The highest BCUT2D eigenvalue weighted by atomic mass is 14.3. The van der Waals surface area contributed by atoms with Crippen molar-refractivity contribution in [1.29, 1.82) is 0 Å². The summed E-state index contributed by atoms with van der Waals surface area (Å²) in [6.07, 6.45) is 9.04. The van der Waals surface area contributed by atoms with Crippen molar-refractivity contribution in [3.05, 3.63) is 12.7 Å². The van der Waals surface area contributed by atoms with E-state index in [0.29, 0.717) is 0 Å². The molecule has 0 amide bonds. The largest absolute Gasteiger partial charge is 0.103 e. The SMILES string of the molecule is C=CCCC(C)C1CCC1. The van der Waals surface area contributed by atoms with Crippen LogP contribution in [-0.2, 0) is 0 Å². The lowest BCUT2D eigenvalue weighted by atomic mass is 9.75. The lowest BCUT2D eigenvalue weighted by Gasteiger charge is -2.31. The van der Waals surface area contributed by atoms with Gasteiger partial charge in [0.15, 0.2) is 0 Å². The van der Waals surface area contributed by atoms with Crippen LogP contribution in [0.25, 0.3) is 0 Å². The maximum atomic E-state index is 3.74. The lowest BCUT2D eigenvalue weighted by molar-refractivity contribution is 0.211. The first-order valence-electron chi connectivity index (χ1n) is 4.45. The van der Waals surface area contributed by atoms with E-state index in [1.165, 1.54) is 32.1 Å². The molecule has 58 valence electrons. The molecular weight excluding hydrogens is 120 g/mol. The van der Waals surface area contributed by atoms with Gasteiger partial charge in [-0.15, -0.1) is 6.58 Å². The zero-order chi connectivity index (χ0) is 7.40. The Bertz CT molecular complexity index is 101. The summed E-state index contributed by atoms with van der Waals surface area (Å²) in [5.74, 6) is 2.01. The number of hydrogen-bond acceptors (Lipinski definition) is 0. The van der Waals surface area contributed by atoms with Gasteiger partial charge in [0.25, 0.3) is 0 Å². The van der Waals surface area contributed by atoms with Crippen LogP contribution in [0, 0.1) is 11.8 Å². The van der Waals surface area contributed by atoms with E-state index in [0.717, 1.165) is 11.8 Å². The van der Waals surface area contributed by atoms with E-state index in [2.05, 4.69) is 13.5 Å². The topological polar surface area (TPSA) is 0 Å². The summed E-state index contributed by atoms with van der Waals surface area (Å²) < 4.78 is 0. The van der Waals surface area contributed by atoms with Crippen molar-refractivity contribution in [2.45, 2.75) is 39.0 Å². The Morgan fingerprint density at radius 2 is 2.30 bits per heavy atom. The minimum Gasteiger partial charge on any atom is -0.103 e. The quantitative estimate of drug-likeness (QED) is 0.522. The molecule has 0 spiro atoms. The van der Waals surface area contributed by atoms with Gasteiger partial charge in [-0.2, -0.15) is 0 Å². The van der Waals surface area contributed by atoms with E-state index in [9.17, 15) is 0 Å². The summed E-state index contributed by atoms with van der Waals surface area (Å²) >= 11 is 0. The predicted molar refractivity (Wildman–Crippen MR) is 45.9 cm³/mol. The molecule has 0 nitrogen and oxygen atoms in total. The molecule has 0 saturated heterocycles. The van der Waals surface area contributed by atoms with Crippen LogP contribution in [0.2, 0.25) is 0 Å². The predicted octanol–water partition coefficient (Wildman–Crippen LogP) is 3.39. The van der Waals surface area contributed by atoms with Gasteiger partial charge < -0.3 is 0 Å². The van der Waals surface area contributed by atoms with Crippen molar-refractivity contribution < 1.29 is 0 Å². The van der Waals surface area contributed by atoms with Gasteiger partial charge in [0.1, 0.15) is 0 Å². The molecule has 0 aromatic heterocycles. The summed E-state index contributed by atoms with van der Waals surface area (Å²) in [5.41, 5.74) is 0. The molecule has 0 bridgehead atoms. The van der Waals surface area contributed by atoms with Gasteiger partial charge in [-0.3, -0.25) is 0 Å². The molecule has 1 rings (SSSR count). The van der Waals surface area contributed by atoms with Crippen LogP contribution in [-0.4, -0.2) is 0 Å². The zero-order valence-corrected chi connectivity index (χ0v) is 6.97. The molecule has 0 aromatic rings. The van der Waals surface area contributed by atoms with Crippen LogP contribution in [0.15, 0.2) is 12.7 Å². The molecule has 1 saturated carbocycles. The van der Waals surface area contributed by atoms with E-state index in [1.807, 2.05) is 6.08 Å². The van der Waals surface area contributed by atoms with Crippen molar-refractivity contribution in [2.75, 3.05) is 0 Å². The fraction of sp³-hybridized carbons (Fsp3) is 0.800. The Kier molecular flexibility index (Phi) is 2.98. The van der Waals surface area contributed by atoms with Crippen LogP contribution >= 0.6 is 0 Å². The fourth-order valence-corrected chi connectivity index (χ4v) is 1.63. The van der Waals surface area contributed by atoms with Gasteiger partial charge in [-0.25, -0.2) is 0 Å². The number of hydrogen-bond donors (Lipinski definition) is 0. The maximum Gasteiger partial charge on any atom is -0.0351 e. The highest BCUT2D eigenvalue weighted by Gasteiger charge is 2.22. The van der Waals surface area contributed by atoms with E-state index in [4.69, 9.17) is 0 Å². The van der Waals surface area contributed by atoms with Crippen LogP contribution < -0.4 is 0 Å². The zero-order valence-electron chi connectivity index (χ0n) is 6.97. The number of allylic oxidation sites excluding steroid dienone is 1. The van der Waals surface area contributed by atoms with Crippen molar-refractivity contribution in [2.24, 2.45) is 11.8 Å². The molecule has 0 heteroatoms. The van der Waals surface area contributed by atoms with Gasteiger partial charge in [0.05, 0.1) is 0 Å². The smallest absolute Gasteiger partial charge is 0.0351 e. The first-order chi connectivity index (χ1) is 4.84. The van der Waals surface area contributed by atoms with E-state index >= 15 is 0 Å². The van der Waals surface area contributed by atoms with Gasteiger partial charge in [0.2, 0.25) is 0 Å². The van der Waals surface area contributed by atoms with E-state index in [1.54, 1.807) is 0 Å². The minimum atomic E-state index is 0.951. The highest BCUT2D eigenvalue weighted by Crippen LogP contribution is 2.35. The lowest BCUT2D eigenvalue weighted by Crippen LogP contribution is -2.19. The summed E-state index contributed by atoms with van der Waals surface area (Å²) in [4.78, 5) is 0. The standard InChI is InChI=1S/C10H18/c1-3-4-6-9(2)10-7-5-8-10/h3,9-10H,1,4-8H2,2H3. The monoisotopic (exact) mass is 138 g/mol. The molecule has 10 heavy (non-hydrogen) atoms. The molecule has 0 radical (unpaired) electrons. The second-order valence-electron chi connectivity index (χ2n) is 3.53. The minimum absolute atomic E-state index is 0.951. The summed E-state index contributed by atoms with van der Waals surface area (Å²) in [7, 11) is 0. The highest BCUT2D eigenvalue weighted by molar-refractivity contribution is 4.77. The average molecular weight is 138 g/mol. The Morgan fingerprint density at radius 3 is 2.70 bits per heavy atom. The second-order valence-corrected chi connectivity index (χ2v) is 3.53. The van der Waals surface area contributed by atoms with Crippen molar-refractivity contribution in [3.8, 4) is 0 Å². The van der Waals surface area contributed by atoms with E-state index < -0.39 is 0 Å². The first kappa shape index (κ1) is 7.84. The summed E-state index contributed by atoms with van der Waals surface area (Å²) in [6, 6.07) is 0. The molecule has 1 aliphatic carbocycles. The second kappa shape index (κ2) is 3.80. The van der Waals surface area contributed by atoms with Crippen LogP contribution in [0.5, 0.6) is 0 Å². The molecule has 0 aliphatic heterocycles. The van der Waals surface area contributed by atoms with Crippen LogP contribution in [0.1, 0.15) is 39.0 Å². The third-order valence-corrected chi connectivity index (χ3v) is 2.78. The van der Waals surface area contributed by atoms with Crippen molar-refractivity contribution in [1.82, 2.24) is 0 Å². The van der Waals surface area contributed by atoms with Crippen molar-refractivity contribution in [3.63, 3.8) is 0 Å². The third kappa shape index (κ3) is 1.86. The Hall–Kier alpha value is -0.260. The molecule has 1 aliphatic rings. The molecule has 1 fully saturated rings. The summed E-state index contributed by atoms with van der Waals surface area (Å²) in [5, 5.41) is 0. The molecule has 0 heterocycles. The third-order valence-electron chi connectivity index (χ3n) is 2.78. The fourth-order valence-electron chi connectivity index (χ4n) is 1.63. The summed E-state index contributed by atoms with van der Waals surface area (Å²) in [6.45, 7) is 6.12.